The average molecular weight is 275 g/mol. The number of rotatable bonds is 6. The molecule has 0 aromatic rings. The first-order chi connectivity index (χ1) is 8.10. The third-order valence-corrected chi connectivity index (χ3v) is 3.98. The number of thiocarbonyl (C=S) groups is 1. The number of thioether (sulfide) groups is 1. The second kappa shape index (κ2) is 6.96. The average Bonchev–Trinajstić information content (AvgIpc) is 2.52. The van der Waals surface area contributed by atoms with Crippen molar-refractivity contribution in [2.45, 2.75) is 38.4 Å². The summed E-state index contributed by atoms with van der Waals surface area (Å²) in [6.45, 7) is 4.81. The van der Waals surface area contributed by atoms with Crippen molar-refractivity contribution < 1.29 is 14.3 Å². The molecule has 1 rings (SSSR count). The molecule has 0 radical (unpaired) electrons. The molecular formula is C11H17NO3S2. The molecular weight excluding hydrogens is 258 g/mol. The minimum atomic E-state index is -0.390. The fourth-order valence-electron chi connectivity index (χ4n) is 1.52. The van der Waals surface area contributed by atoms with Crippen LogP contribution in [0.1, 0.15) is 33.1 Å². The zero-order chi connectivity index (χ0) is 12.8. The van der Waals surface area contributed by atoms with Gasteiger partial charge in [-0.1, -0.05) is 37.3 Å². The molecule has 0 bridgehead atoms. The zero-order valence-electron chi connectivity index (χ0n) is 10.1. The third kappa shape index (κ3) is 3.96. The lowest BCUT2D eigenvalue weighted by atomic mass is 10.2. The van der Waals surface area contributed by atoms with E-state index in [1.807, 2.05) is 0 Å². The van der Waals surface area contributed by atoms with Crippen molar-refractivity contribution in [1.82, 2.24) is 4.90 Å². The summed E-state index contributed by atoms with van der Waals surface area (Å²) in [5, 5.41) is -0.390. The minimum Gasteiger partial charge on any atom is -0.466 e. The van der Waals surface area contributed by atoms with Crippen molar-refractivity contribution in [2.75, 3.05) is 13.2 Å². The summed E-state index contributed by atoms with van der Waals surface area (Å²) in [4.78, 5) is 24.9. The van der Waals surface area contributed by atoms with Gasteiger partial charge in [-0.3, -0.25) is 14.5 Å². The van der Waals surface area contributed by atoms with E-state index in [0.717, 1.165) is 12.8 Å². The highest BCUT2D eigenvalue weighted by atomic mass is 32.2. The summed E-state index contributed by atoms with van der Waals surface area (Å²) in [6, 6.07) is 0. The van der Waals surface area contributed by atoms with E-state index in [4.69, 9.17) is 17.0 Å². The van der Waals surface area contributed by atoms with Crippen LogP contribution in [0.5, 0.6) is 0 Å². The van der Waals surface area contributed by atoms with Gasteiger partial charge in [-0.2, -0.15) is 0 Å². The topological polar surface area (TPSA) is 46.6 Å². The molecule has 1 aliphatic heterocycles. The van der Waals surface area contributed by atoms with E-state index in [0.29, 0.717) is 17.5 Å². The molecule has 0 aromatic heterocycles. The van der Waals surface area contributed by atoms with Crippen molar-refractivity contribution in [3.05, 3.63) is 0 Å². The first kappa shape index (κ1) is 14.4. The zero-order valence-corrected chi connectivity index (χ0v) is 11.7. The van der Waals surface area contributed by atoms with E-state index in [1.54, 1.807) is 11.8 Å². The van der Waals surface area contributed by atoms with E-state index in [1.165, 1.54) is 11.8 Å². The van der Waals surface area contributed by atoms with Gasteiger partial charge in [-0.05, 0) is 13.3 Å². The van der Waals surface area contributed by atoms with E-state index in [-0.39, 0.29) is 18.3 Å². The number of unbranched alkanes of at least 4 members (excludes halogenated alkanes) is 1. The van der Waals surface area contributed by atoms with Crippen LogP contribution in [-0.2, 0) is 14.3 Å². The van der Waals surface area contributed by atoms with Crippen LogP contribution in [0.25, 0.3) is 0 Å². The Morgan fingerprint density at radius 3 is 2.82 bits per heavy atom. The van der Waals surface area contributed by atoms with Crippen LogP contribution in [0.3, 0.4) is 0 Å². The Labute approximate surface area is 111 Å². The fourth-order valence-corrected chi connectivity index (χ4v) is 3.05. The Bertz CT molecular complexity index is 320. The summed E-state index contributed by atoms with van der Waals surface area (Å²) < 4.78 is 5.42. The van der Waals surface area contributed by atoms with Crippen molar-refractivity contribution in [1.29, 1.82) is 0 Å². The highest BCUT2D eigenvalue weighted by molar-refractivity contribution is 8.24. The summed E-state index contributed by atoms with van der Waals surface area (Å²) in [5.74, 6) is -0.389. The lowest BCUT2D eigenvalue weighted by Gasteiger charge is -2.14. The van der Waals surface area contributed by atoms with Crippen LogP contribution in [0.4, 0.5) is 0 Å². The van der Waals surface area contributed by atoms with Gasteiger partial charge in [0.1, 0.15) is 9.57 Å². The van der Waals surface area contributed by atoms with Crippen LogP contribution in [0.15, 0.2) is 0 Å². The minimum absolute atomic E-state index is 0.0542. The van der Waals surface area contributed by atoms with E-state index >= 15 is 0 Å². The number of carbonyl (C=O) groups excluding carboxylic acids is 2. The molecule has 6 heteroatoms. The van der Waals surface area contributed by atoms with Crippen LogP contribution in [-0.4, -0.2) is 39.5 Å². The molecule has 4 nitrogen and oxygen atoms in total. The molecule has 17 heavy (non-hydrogen) atoms. The number of nitrogens with zero attached hydrogens (tertiary/aromatic N) is 1. The van der Waals surface area contributed by atoms with Crippen LogP contribution >= 0.6 is 24.0 Å². The number of hydrogen-bond acceptors (Lipinski definition) is 5. The summed E-state index contributed by atoms with van der Waals surface area (Å²) in [7, 11) is 0. The molecule has 1 amide bonds. The maximum atomic E-state index is 12.0. The van der Waals surface area contributed by atoms with Gasteiger partial charge in [0.05, 0.1) is 13.0 Å². The largest absolute Gasteiger partial charge is 0.466 e. The Balaban J connectivity index is 2.52. The Hall–Kier alpha value is -0.620. The van der Waals surface area contributed by atoms with E-state index < -0.39 is 5.25 Å². The molecule has 1 saturated heterocycles. The molecule has 0 N–H and O–H groups in total. The SMILES string of the molecule is CCCCN1C(=O)C(CC(=O)OCC)SC1=S. The number of amides is 1. The monoisotopic (exact) mass is 275 g/mol. The quantitative estimate of drug-likeness (QED) is 0.548. The number of hydrogen-bond donors (Lipinski definition) is 0. The molecule has 1 fully saturated rings. The molecule has 1 atom stereocenters. The summed E-state index contributed by atoms with van der Waals surface area (Å²) >= 11 is 6.43. The van der Waals surface area contributed by atoms with Gasteiger partial charge in [0.25, 0.3) is 0 Å². The van der Waals surface area contributed by atoms with E-state index in [2.05, 4.69) is 6.92 Å². The van der Waals surface area contributed by atoms with Crippen molar-refractivity contribution in [3.63, 3.8) is 0 Å². The van der Waals surface area contributed by atoms with Gasteiger partial charge in [-0.25, -0.2) is 0 Å². The number of esters is 1. The lowest BCUT2D eigenvalue weighted by molar-refractivity contribution is -0.144. The molecule has 0 spiro atoms. The summed E-state index contributed by atoms with van der Waals surface area (Å²) in [6.07, 6.45) is 2.05. The first-order valence-corrected chi connectivity index (χ1v) is 7.06. The van der Waals surface area contributed by atoms with Crippen molar-refractivity contribution in [2.24, 2.45) is 0 Å². The first-order valence-electron chi connectivity index (χ1n) is 5.77. The normalized spacial score (nSPS) is 19.9. The standard InChI is InChI=1S/C11H17NO3S2/c1-3-5-6-12-10(14)8(17-11(12)16)7-9(13)15-4-2/h8H,3-7H2,1-2H3. The van der Waals surface area contributed by atoms with Gasteiger partial charge < -0.3 is 4.74 Å². The molecule has 1 aliphatic rings. The highest BCUT2D eigenvalue weighted by Crippen LogP contribution is 2.30. The van der Waals surface area contributed by atoms with Gasteiger partial charge in [0, 0.05) is 6.54 Å². The van der Waals surface area contributed by atoms with Gasteiger partial charge in [-0.15, -0.1) is 0 Å². The van der Waals surface area contributed by atoms with Crippen LogP contribution < -0.4 is 0 Å². The molecule has 0 aromatic carbocycles. The molecule has 0 saturated carbocycles. The van der Waals surface area contributed by atoms with Crippen molar-refractivity contribution in [3.8, 4) is 0 Å². The summed E-state index contributed by atoms with van der Waals surface area (Å²) in [5.41, 5.74) is 0. The highest BCUT2D eigenvalue weighted by Gasteiger charge is 2.37. The van der Waals surface area contributed by atoms with Gasteiger partial charge in [0.2, 0.25) is 5.91 Å². The smallest absolute Gasteiger partial charge is 0.307 e. The predicted octanol–water partition coefficient (Wildman–Crippen LogP) is 1.97. The fraction of sp³-hybridized carbons (Fsp3) is 0.727. The molecule has 96 valence electrons. The Morgan fingerprint density at radius 1 is 1.53 bits per heavy atom. The molecule has 1 unspecified atom stereocenters. The maximum Gasteiger partial charge on any atom is 0.307 e. The second-order valence-electron chi connectivity index (χ2n) is 3.72. The lowest BCUT2D eigenvalue weighted by Crippen LogP contribution is -2.33. The second-order valence-corrected chi connectivity index (χ2v) is 5.56. The number of ether oxygens (including phenoxy) is 1. The maximum absolute atomic E-state index is 12.0. The van der Waals surface area contributed by atoms with Crippen LogP contribution in [0.2, 0.25) is 0 Å². The van der Waals surface area contributed by atoms with E-state index in [9.17, 15) is 9.59 Å². The van der Waals surface area contributed by atoms with Gasteiger partial charge >= 0.3 is 5.97 Å². The molecule has 1 heterocycles. The Morgan fingerprint density at radius 2 is 2.24 bits per heavy atom. The van der Waals surface area contributed by atoms with Crippen LogP contribution in [0, 0.1) is 0 Å². The predicted molar refractivity (Wildman–Crippen MR) is 71.8 cm³/mol. The van der Waals surface area contributed by atoms with Gasteiger partial charge in [0.15, 0.2) is 0 Å². The van der Waals surface area contributed by atoms with Crippen molar-refractivity contribution >= 4 is 40.2 Å². The number of carbonyl (C=O) groups is 2. The third-order valence-electron chi connectivity index (χ3n) is 2.40. The molecule has 0 aliphatic carbocycles. The Kier molecular flexibility index (Phi) is 5.91.